The zero-order valence-electron chi connectivity index (χ0n) is 17.2. The Morgan fingerprint density at radius 1 is 1.17 bits per heavy atom. The highest BCUT2D eigenvalue weighted by atomic mass is 16.5. The zero-order chi connectivity index (χ0) is 21.3. The van der Waals surface area contributed by atoms with Crippen molar-refractivity contribution in [3.05, 3.63) is 29.8 Å². The Hall–Kier alpha value is -2.90. The van der Waals surface area contributed by atoms with Gasteiger partial charge in [0.25, 0.3) is 11.8 Å². The Bertz CT molecular complexity index is 850. The molecule has 0 radical (unpaired) electrons. The maximum Gasteiger partial charge on any atom is 0.354 e. The Labute approximate surface area is 170 Å². The van der Waals surface area contributed by atoms with Gasteiger partial charge in [0.05, 0.1) is 11.3 Å². The van der Waals surface area contributed by atoms with Crippen LogP contribution >= 0.6 is 0 Å². The summed E-state index contributed by atoms with van der Waals surface area (Å²) in [5.41, 5.74) is -0.779. The van der Waals surface area contributed by atoms with Crippen molar-refractivity contribution in [3.8, 4) is 0 Å². The molecule has 0 aromatic heterocycles. The van der Waals surface area contributed by atoms with Gasteiger partial charge in [-0.05, 0) is 31.9 Å². The third-order valence-corrected chi connectivity index (χ3v) is 5.03. The van der Waals surface area contributed by atoms with Gasteiger partial charge < -0.3 is 15.0 Å². The van der Waals surface area contributed by atoms with E-state index in [0.29, 0.717) is 11.3 Å². The van der Waals surface area contributed by atoms with Crippen molar-refractivity contribution in [1.29, 1.82) is 0 Å². The highest BCUT2D eigenvalue weighted by molar-refractivity contribution is 6.15. The molecule has 2 aliphatic heterocycles. The summed E-state index contributed by atoms with van der Waals surface area (Å²) in [7, 11) is 0. The van der Waals surface area contributed by atoms with Gasteiger partial charge in [0.2, 0.25) is 11.6 Å². The van der Waals surface area contributed by atoms with E-state index in [1.165, 1.54) is 9.80 Å². The highest BCUT2D eigenvalue weighted by Gasteiger charge is 2.62. The molecule has 8 heteroatoms. The van der Waals surface area contributed by atoms with Crippen LogP contribution < -0.4 is 10.2 Å². The second-order valence-electron chi connectivity index (χ2n) is 8.17. The minimum absolute atomic E-state index is 0.0654. The number of esters is 1. The average molecular weight is 401 g/mol. The SMILES string of the molecule is CC(C)CN1C(=O)c2ccccc2N2C(=O)CC[C@@]12C(=O)OCC(=O)NC(C)C. The summed E-state index contributed by atoms with van der Waals surface area (Å²) in [5.74, 6) is -1.69. The van der Waals surface area contributed by atoms with Crippen LogP contribution in [0.25, 0.3) is 0 Å². The predicted molar refractivity (Wildman–Crippen MR) is 106 cm³/mol. The molecule has 1 N–H and O–H groups in total. The lowest BCUT2D eigenvalue weighted by molar-refractivity contribution is -0.160. The summed E-state index contributed by atoms with van der Waals surface area (Å²) < 4.78 is 5.33. The molecule has 2 heterocycles. The number of hydrogen-bond donors (Lipinski definition) is 1. The van der Waals surface area contributed by atoms with E-state index in [1.807, 2.05) is 13.8 Å². The molecule has 2 aliphatic rings. The molecule has 1 aromatic carbocycles. The van der Waals surface area contributed by atoms with Crippen LogP contribution in [0.3, 0.4) is 0 Å². The molecule has 29 heavy (non-hydrogen) atoms. The molecule has 0 aliphatic carbocycles. The van der Waals surface area contributed by atoms with E-state index in [2.05, 4.69) is 5.32 Å². The van der Waals surface area contributed by atoms with Gasteiger partial charge in [0.15, 0.2) is 6.61 Å². The van der Waals surface area contributed by atoms with Crippen molar-refractivity contribution < 1.29 is 23.9 Å². The normalized spacial score (nSPS) is 20.8. The molecule has 156 valence electrons. The smallest absolute Gasteiger partial charge is 0.354 e. The summed E-state index contributed by atoms with van der Waals surface area (Å²) in [6, 6.07) is 6.68. The van der Waals surface area contributed by atoms with Crippen molar-refractivity contribution in [2.75, 3.05) is 18.1 Å². The molecule has 3 amide bonds. The first-order valence-corrected chi connectivity index (χ1v) is 9.89. The molecule has 1 saturated heterocycles. The van der Waals surface area contributed by atoms with Gasteiger partial charge >= 0.3 is 5.97 Å². The molecular weight excluding hydrogens is 374 g/mol. The van der Waals surface area contributed by atoms with E-state index in [1.54, 1.807) is 38.1 Å². The van der Waals surface area contributed by atoms with E-state index in [4.69, 9.17) is 4.74 Å². The minimum Gasteiger partial charge on any atom is -0.452 e. The molecule has 0 spiro atoms. The number of fused-ring (bicyclic) bond motifs is 3. The Morgan fingerprint density at radius 3 is 2.52 bits per heavy atom. The first-order chi connectivity index (χ1) is 13.7. The van der Waals surface area contributed by atoms with Gasteiger partial charge in [-0.3, -0.25) is 19.3 Å². The molecule has 1 fully saturated rings. The number of rotatable bonds is 6. The molecule has 1 aromatic rings. The van der Waals surface area contributed by atoms with Crippen LogP contribution in [0.1, 0.15) is 50.9 Å². The Morgan fingerprint density at radius 2 is 1.86 bits per heavy atom. The average Bonchev–Trinajstić information content (AvgIpc) is 3.01. The molecule has 8 nitrogen and oxygen atoms in total. The largest absolute Gasteiger partial charge is 0.452 e. The number of carbonyl (C=O) groups excluding carboxylic acids is 4. The monoisotopic (exact) mass is 401 g/mol. The summed E-state index contributed by atoms with van der Waals surface area (Å²) in [6.07, 6.45) is 0.243. The van der Waals surface area contributed by atoms with Gasteiger partial charge in [-0.15, -0.1) is 0 Å². The second kappa shape index (κ2) is 7.85. The summed E-state index contributed by atoms with van der Waals surface area (Å²) in [6.45, 7) is 7.29. The van der Waals surface area contributed by atoms with E-state index < -0.39 is 24.1 Å². The fourth-order valence-corrected chi connectivity index (χ4v) is 3.98. The van der Waals surface area contributed by atoms with Crippen molar-refractivity contribution in [3.63, 3.8) is 0 Å². The van der Waals surface area contributed by atoms with E-state index >= 15 is 0 Å². The number of nitrogens with zero attached hydrogens (tertiary/aromatic N) is 2. The first kappa shape index (κ1) is 20.8. The highest BCUT2D eigenvalue weighted by Crippen LogP contribution is 2.45. The predicted octanol–water partition coefficient (Wildman–Crippen LogP) is 1.69. The number of para-hydroxylation sites is 1. The lowest BCUT2D eigenvalue weighted by Crippen LogP contribution is -2.69. The van der Waals surface area contributed by atoms with Crippen LogP contribution in [0.15, 0.2) is 24.3 Å². The Balaban J connectivity index is 2.02. The minimum atomic E-state index is -1.56. The van der Waals surface area contributed by atoms with Crippen LogP contribution in [-0.4, -0.2) is 53.4 Å². The molecule has 0 unspecified atom stereocenters. The Kier molecular flexibility index (Phi) is 5.64. The quantitative estimate of drug-likeness (QED) is 0.732. The van der Waals surface area contributed by atoms with Crippen molar-refractivity contribution in [2.24, 2.45) is 5.92 Å². The molecule has 0 bridgehead atoms. The second-order valence-corrected chi connectivity index (χ2v) is 8.17. The number of benzene rings is 1. The molecule has 0 saturated carbocycles. The number of anilines is 1. The summed E-state index contributed by atoms with van der Waals surface area (Å²) in [4.78, 5) is 54.2. The number of nitrogens with one attached hydrogen (secondary N) is 1. The number of ether oxygens (including phenoxy) is 1. The first-order valence-electron chi connectivity index (χ1n) is 9.89. The van der Waals surface area contributed by atoms with Crippen LogP contribution in [0, 0.1) is 5.92 Å². The maximum absolute atomic E-state index is 13.3. The number of carbonyl (C=O) groups is 4. The van der Waals surface area contributed by atoms with Gasteiger partial charge in [0, 0.05) is 25.4 Å². The van der Waals surface area contributed by atoms with E-state index in [0.717, 1.165) is 0 Å². The lowest BCUT2D eigenvalue weighted by atomic mass is 9.95. The van der Waals surface area contributed by atoms with E-state index in [-0.39, 0.29) is 43.2 Å². The summed E-state index contributed by atoms with van der Waals surface area (Å²) >= 11 is 0. The van der Waals surface area contributed by atoms with Gasteiger partial charge in [0.1, 0.15) is 0 Å². The summed E-state index contributed by atoms with van der Waals surface area (Å²) in [5, 5.41) is 2.66. The van der Waals surface area contributed by atoms with Gasteiger partial charge in [-0.2, -0.15) is 0 Å². The van der Waals surface area contributed by atoms with E-state index in [9.17, 15) is 19.2 Å². The van der Waals surface area contributed by atoms with Crippen molar-refractivity contribution >= 4 is 29.4 Å². The molecule has 1 atom stereocenters. The third-order valence-electron chi connectivity index (χ3n) is 5.03. The van der Waals surface area contributed by atoms with Crippen LogP contribution in [-0.2, 0) is 19.1 Å². The number of hydrogen-bond acceptors (Lipinski definition) is 5. The van der Waals surface area contributed by atoms with Gasteiger partial charge in [-0.25, -0.2) is 4.79 Å². The van der Waals surface area contributed by atoms with Gasteiger partial charge in [-0.1, -0.05) is 26.0 Å². The van der Waals surface area contributed by atoms with Crippen LogP contribution in [0.4, 0.5) is 5.69 Å². The standard InChI is InChI=1S/C21H27N3O5/c1-13(2)11-23-19(27)15-7-5-6-8-16(15)24-18(26)9-10-21(23,24)20(28)29-12-17(25)22-14(3)4/h5-8,13-14H,9-12H2,1-4H3,(H,22,25)/t21-/m1/s1. The molecule has 3 rings (SSSR count). The van der Waals surface area contributed by atoms with Crippen molar-refractivity contribution in [1.82, 2.24) is 10.2 Å². The number of amides is 3. The fraction of sp³-hybridized carbons (Fsp3) is 0.524. The molecular formula is C21H27N3O5. The zero-order valence-corrected chi connectivity index (χ0v) is 17.2. The topological polar surface area (TPSA) is 96.0 Å². The van der Waals surface area contributed by atoms with Crippen LogP contribution in [0.2, 0.25) is 0 Å². The lowest BCUT2D eigenvalue weighted by Gasteiger charge is -2.48. The van der Waals surface area contributed by atoms with Crippen LogP contribution in [0.5, 0.6) is 0 Å². The maximum atomic E-state index is 13.3. The third kappa shape index (κ3) is 3.59. The van der Waals surface area contributed by atoms with Crippen molar-refractivity contribution in [2.45, 2.75) is 52.2 Å². The fourth-order valence-electron chi connectivity index (χ4n) is 3.98.